The van der Waals surface area contributed by atoms with Crippen LogP contribution in [0.15, 0.2) is 28.7 Å². The molecule has 0 aliphatic heterocycles. The Bertz CT molecular complexity index is 557. The molecule has 3 atom stereocenters. The highest BCUT2D eigenvalue weighted by molar-refractivity contribution is 5.78. The van der Waals surface area contributed by atoms with Crippen LogP contribution >= 0.6 is 0 Å². The summed E-state index contributed by atoms with van der Waals surface area (Å²) in [5.74, 6) is 2.25. The normalized spacial score (nSPS) is 25.7. The van der Waals surface area contributed by atoms with Gasteiger partial charge in [-0.1, -0.05) is 31.4 Å². The molecule has 2 heteroatoms. The highest BCUT2D eigenvalue weighted by atomic mass is 16.3. The SMILES string of the molecule is Cc1ccc2oc(C(N)C3CCCC3C)cc2c1. The Hall–Kier alpha value is -1.28. The first kappa shape index (κ1) is 11.8. The van der Waals surface area contributed by atoms with Gasteiger partial charge in [0.05, 0.1) is 6.04 Å². The molecule has 0 radical (unpaired) electrons. The Kier molecular flexibility index (Phi) is 2.90. The van der Waals surface area contributed by atoms with Crippen LogP contribution in [0, 0.1) is 18.8 Å². The number of hydrogen-bond acceptors (Lipinski definition) is 2. The molecule has 1 aromatic carbocycles. The second-order valence-electron chi connectivity index (χ2n) is 5.79. The lowest BCUT2D eigenvalue weighted by Gasteiger charge is -2.21. The molecular weight excluding hydrogens is 222 g/mol. The third-order valence-electron chi connectivity index (χ3n) is 4.41. The molecule has 0 amide bonds. The fourth-order valence-electron chi connectivity index (χ4n) is 3.27. The van der Waals surface area contributed by atoms with Crippen LogP contribution in [0.1, 0.15) is 43.6 Å². The van der Waals surface area contributed by atoms with Gasteiger partial charge in [-0.25, -0.2) is 0 Å². The van der Waals surface area contributed by atoms with Crippen molar-refractivity contribution in [2.75, 3.05) is 0 Å². The van der Waals surface area contributed by atoms with Gasteiger partial charge in [-0.05, 0) is 43.4 Å². The Morgan fingerprint density at radius 2 is 2.11 bits per heavy atom. The highest BCUT2D eigenvalue weighted by Crippen LogP contribution is 2.40. The molecule has 1 saturated carbocycles. The topological polar surface area (TPSA) is 39.2 Å². The van der Waals surface area contributed by atoms with Crippen LogP contribution in [0.25, 0.3) is 11.0 Å². The van der Waals surface area contributed by atoms with E-state index >= 15 is 0 Å². The molecule has 2 aromatic rings. The van der Waals surface area contributed by atoms with Gasteiger partial charge in [0.1, 0.15) is 11.3 Å². The number of furan rings is 1. The summed E-state index contributed by atoms with van der Waals surface area (Å²) in [6.07, 6.45) is 3.84. The van der Waals surface area contributed by atoms with Crippen molar-refractivity contribution in [3.63, 3.8) is 0 Å². The Morgan fingerprint density at radius 3 is 2.83 bits per heavy atom. The van der Waals surface area contributed by atoms with E-state index in [0.29, 0.717) is 5.92 Å². The van der Waals surface area contributed by atoms with Gasteiger partial charge in [0.15, 0.2) is 0 Å². The van der Waals surface area contributed by atoms with Crippen LogP contribution in [-0.4, -0.2) is 0 Å². The van der Waals surface area contributed by atoms with Crippen LogP contribution in [0.3, 0.4) is 0 Å². The second-order valence-corrected chi connectivity index (χ2v) is 5.79. The van der Waals surface area contributed by atoms with Crippen LogP contribution in [0.2, 0.25) is 0 Å². The lowest BCUT2D eigenvalue weighted by molar-refractivity contribution is 0.316. The third-order valence-corrected chi connectivity index (χ3v) is 4.41. The fraction of sp³-hybridized carbons (Fsp3) is 0.500. The number of hydrogen-bond donors (Lipinski definition) is 1. The number of nitrogens with two attached hydrogens (primary N) is 1. The summed E-state index contributed by atoms with van der Waals surface area (Å²) in [6, 6.07) is 8.46. The predicted molar refractivity (Wildman–Crippen MR) is 74.4 cm³/mol. The number of fused-ring (bicyclic) bond motifs is 1. The molecule has 18 heavy (non-hydrogen) atoms. The minimum atomic E-state index is 0.0511. The van der Waals surface area contributed by atoms with Crippen LogP contribution in [0.5, 0.6) is 0 Å². The monoisotopic (exact) mass is 243 g/mol. The molecule has 1 aromatic heterocycles. The van der Waals surface area contributed by atoms with Gasteiger partial charge >= 0.3 is 0 Å². The van der Waals surface area contributed by atoms with Gasteiger partial charge in [0, 0.05) is 5.39 Å². The molecule has 0 spiro atoms. The van der Waals surface area contributed by atoms with E-state index in [1.807, 2.05) is 6.07 Å². The van der Waals surface area contributed by atoms with Crippen molar-refractivity contribution in [3.05, 3.63) is 35.6 Å². The minimum absolute atomic E-state index is 0.0511. The minimum Gasteiger partial charge on any atom is -0.459 e. The maximum absolute atomic E-state index is 6.40. The molecule has 3 rings (SSSR count). The summed E-state index contributed by atoms with van der Waals surface area (Å²) >= 11 is 0. The first-order chi connectivity index (χ1) is 8.65. The lowest BCUT2D eigenvalue weighted by Crippen LogP contribution is -2.22. The van der Waals surface area contributed by atoms with Gasteiger partial charge in [0.2, 0.25) is 0 Å². The zero-order chi connectivity index (χ0) is 12.7. The van der Waals surface area contributed by atoms with Gasteiger partial charge in [-0.2, -0.15) is 0 Å². The van der Waals surface area contributed by atoms with Crippen molar-refractivity contribution in [1.82, 2.24) is 0 Å². The first-order valence-electron chi connectivity index (χ1n) is 6.91. The fourth-order valence-corrected chi connectivity index (χ4v) is 3.27. The van der Waals surface area contributed by atoms with E-state index in [-0.39, 0.29) is 6.04 Å². The van der Waals surface area contributed by atoms with Crippen molar-refractivity contribution in [1.29, 1.82) is 0 Å². The van der Waals surface area contributed by atoms with E-state index in [1.165, 1.54) is 30.2 Å². The summed E-state index contributed by atoms with van der Waals surface area (Å²) in [5, 5.41) is 1.17. The van der Waals surface area contributed by atoms with Crippen LogP contribution in [-0.2, 0) is 0 Å². The average Bonchev–Trinajstić information content (AvgIpc) is 2.93. The maximum Gasteiger partial charge on any atom is 0.134 e. The Labute approximate surface area is 108 Å². The first-order valence-corrected chi connectivity index (χ1v) is 6.91. The molecule has 0 saturated heterocycles. The molecular formula is C16H21NO. The van der Waals surface area contributed by atoms with Gasteiger partial charge in [0.25, 0.3) is 0 Å². The molecule has 1 aliphatic carbocycles. The molecule has 3 unspecified atom stereocenters. The van der Waals surface area contributed by atoms with Crippen LogP contribution < -0.4 is 5.73 Å². The van der Waals surface area contributed by atoms with Gasteiger partial charge < -0.3 is 10.2 Å². The average molecular weight is 243 g/mol. The van der Waals surface area contributed by atoms with Crippen molar-refractivity contribution in [2.24, 2.45) is 17.6 Å². The third kappa shape index (κ3) is 1.95. The summed E-state index contributed by atoms with van der Waals surface area (Å²) in [6.45, 7) is 4.41. The lowest BCUT2D eigenvalue weighted by atomic mass is 9.89. The van der Waals surface area contributed by atoms with Crippen LogP contribution in [0.4, 0.5) is 0 Å². The van der Waals surface area contributed by atoms with E-state index in [2.05, 4.69) is 32.0 Å². The summed E-state index contributed by atoms with van der Waals surface area (Å²) < 4.78 is 5.92. The molecule has 2 nitrogen and oxygen atoms in total. The summed E-state index contributed by atoms with van der Waals surface area (Å²) in [5.41, 5.74) is 8.62. The second kappa shape index (κ2) is 4.43. The molecule has 1 heterocycles. The van der Waals surface area contributed by atoms with Crippen molar-refractivity contribution in [3.8, 4) is 0 Å². The predicted octanol–water partition coefficient (Wildman–Crippen LogP) is 4.18. The highest BCUT2D eigenvalue weighted by Gasteiger charge is 2.31. The smallest absolute Gasteiger partial charge is 0.134 e. The largest absolute Gasteiger partial charge is 0.459 e. The van der Waals surface area contributed by atoms with E-state index in [4.69, 9.17) is 10.2 Å². The Morgan fingerprint density at radius 1 is 1.28 bits per heavy atom. The molecule has 0 bridgehead atoms. The Balaban J connectivity index is 1.93. The van der Waals surface area contributed by atoms with Crippen molar-refractivity contribution >= 4 is 11.0 Å². The molecule has 1 aliphatic rings. The summed E-state index contributed by atoms with van der Waals surface area (Å²) in [7, 11) is 0. The van der Waals surface area contributed by atoms with Gasteiger partial charge in [-0.15, -0.1) is 0 Å². The van der Waals surface area contributed by atoms with E-state index in [1.54, 1.807) is 0 Å². The van der Waals surface area contributed by atoms with E-state index in [9.17, 15) is 0 Å². The molecule has 2 N–H and O–H groups in total. The zero-order valence-electron chi connectivity index (χ0n) is 11.1. The summed E-state index contributed by atoms with van der Waals surface area (Å²) in [4.78, 5) is 0. The zero-order valence-corrected chi connectivity index (χ0v) is 11.1. The molecule has 96 valence electrons. The van der Waals surface area contributed by atoms with Gasteiger partial charge in [-0.3, -0.25) is 0 Å². The quantitative estimate of drug-likeness (QED) is 0.859. The molecule has 1 fully saturated rings. The maximum atomic E-state index is 6.40. The van der Waals surface area contributed by atoms with E-state index < -0.39 is 0 Å². The van der Waals surface area contributed by atoms with Crippen molar-refractivity contribution in [2.45, 2.75) is 39.2 Å². The standard InChI is InChI=1S/C16H21NO/c1-10-6-7-14-12(8-10)9-15(18-14)16(17)13-5-3-4-11(13)2/h6-9,11,13,16H,3-5,17H2,1-2H3. The number of benzene rings is 1. The van der Waals surface area contributed by atoms with Crippen molar-refractivity contribution < 1.29 is 4.42 Å². The van der Waals surface area contributed by atoms with E-state index in [0.717, 1.165) is 17.3 Å². The number of rotatable bonds is 2. The number of aryl methyl sites for hydroxylation is 1.